The quantitative estimate of drug-likeness (QED) is 0.449. The van der Waals surface area contributed by atoms with E-state index in [1.165, 1.54) is 51.9 Å². The Morgan fingerprint density at radius 2 is 1.65 bits per heavy atom. The Bertz CT molecular complexity index is 1520. The molecule has 13 heteroatoms. The van der Waals surface area contributed by atoms with E-state index in [0.717, 1.165) is 10.2 Å². The van der Waals surface area contributed by atoms with E-state index < -0.39 is 28.0 Å². The lowest BCUT2D eigenvalue weighted by molar-refractivity contribution is 0.0600. The Kier molecular flexibility index (Phi) is 7.76. The molecule has 0 saturated carbocycles. The number of sulfonamides is 1. The topological polar surface area (TPSA) is 128 Å². The molecule has 1 fully saturated rings. The third-order valence-electron chi connectivity index (χ3n) is 5.93. The molecule has 2 heterocycles. The van der Waals surface area contributed by atoms with Crippen molar-refractivity contribution < 1.29 is 32.3 Å². The highest BCUT2D eigenvalue weighted by atomic mass is 32.2. The largest absolute Gasteiger partial charge is 0.465 e. The van der Waals surface area contributed by atoms with Gasteiger partial charge < -0.3 is 18.9 Å². The number of hydrogen-bond donors (Lipinski definition) is 0. The van der Waals surface area contributed by atoms with E-state index in [4.69, 9.17) is 9.47 Å². The minimum Gasteiger partial charge on any atom is -0.465 e. The van der Waals surface area contributed by atoms with Crippen LogP contribution in [0.1, 0.15) is 27.6 Å². The highest BCUT2D eigenvalue weighted by Gasteiger charge is 2.30. The number of amides is 2. The molecule has 0 unspecified atom stereocenters. The molecule has 0 aliphatic carbocycles. The van der Waals surface area contributed by atoms with Crippen LogP contribution in [-0.2, 0) is 26.5 Å². The maximum atomic E-state index is 13.1. The Morgan fingerprint density at radius 3 is 2.27 bits per heavy atom. The molecule has 0 radical (unpaired) electrons. The normalized spacial score (nSPS) is 15.1. The molecule has 1 aliphatic rings. The fourth-order valence-electron chi connectivity index (χ4n) is 3.88. The third kappa shape index (κ3) is 5.43. The number of methoxy groups -OCH3 is 1. The lowest BCUT2D eigenvalue weighted by atomic mass is 10.2. The number of piperazine rings is 1. The van der Waals surface area contributed by atoms with E-state index in [1.54, 1.807) is 36.7 Å². The maximum absolute atomic E-state index is 13.1. The molecule has 4 rings (SSSR count). The van der Waals surface area contributed by atoms with E-state index >= 15 is 0 Å². The Labute approximate surface area is 217 Å². The lowest BCUT2D eigenvalue weighted by Crippen LogP contribution is -2.50. The highest BCUT2D eigenvalue weighted by molar-refractivity contribution is 7.89. The minimum absolute atomic E-state index is 0.0522. The van der Waals surface area contributed by atoms with Crippen molar-refractivity contribution in [2.45, 2.75) is 11.8 Å². The van der Waals surface area contributed by atoms with Crippen molar-refractivity contribution in [2.75, 3.05) is 39.9 Å². The molecule has 3 aromatic rings. The molecule has 196 valence electrons. The number of aryl methyl sites for hydroxylation is 1. The molecule has 2 amide bonds. The van der Waals surface area contributed by atoms with Gasteiger partial charge in [-0.15, -0.1) is 0 Å². The molecule has 1 saturated heterocycles. The van der Waals surface area contributed by atoms with Gasteiger partial charge in [-0.3, -0.25) is 4.79 Å². The van der Waals surface area contributed by atoms with E-state index in [2.05, 4.69) is 4.99 Å². The molecule has 11 nitrogen and oxygen atoms in total. The summed E-state index contributed by atoms with van der Waals surface area (Å²) in [4.78, 5) is 42.6. The van der Waals surface area contributed by atoms with Crippen molar-refractivity contribution in [3.63, 3.8) is 0 Å². The fourth-order valence-corrected chi connectivity index (χ4v) is 6.36. The molecule has 0 N–H and O–H groups in total. The second kappa shape index (κ2) is 10.8. The van der Waals surface area contributed by atoms with Crippen molar-refractivity contribution in [3.05, 3.63) is 58.4 Å². The molecule has 0 bridgehead atoms. The standard InChI is InChI=1S/C24H26N4O7S2/c1-4-35-24(31)27-11-13-28(14-12-27)37(32,33)18-8-5-16(6-9-18)21(29)25-23-26(2)19-10-7-17(22(30)34-3)15-20(19)36-23/h5-10,15H,4,11-14H2,1-3H3. The van der Waals surface area contributed by atoms with E-state index in [9.17, 15) is 22.8 Å². The number of hydrogen-bond acceptors (Lipinski definition) is 8. The van der Waals surface area contributed by atoms with Crippen LogP contribution >= 0.6 is 11.3 Å². The van der Waals surface area contributed by atoms with Crippen molar-refractivity contribution in [2.24, 2.45) is 12.0 Å². The van der Waals surface area contributed by atoms with Crippen LogP contribution in [0.4, 0.5) is 4.79 Å². The summed E-state index contributed by atoms with van der Waals surface area (Å²) in [5, 5.41) is 0. The van der Waals surface area contributed by atoms with Crippen molar-refractivity contribution in [3.8, 4) is 0 Å². The average Bonchev–Trinajstić information content (AvgIpc) is 3.22. The van der Waals surface area contributed by atoms with Gasteiger partial charge in [0, 0.05) is 38.8 Å². The minimum atomic E-state index is -3.79. The number of nitrogens with zero attached hydrogens (tertiary/aromatic N) is 4. The lowest BCUT2D eigenvalue weighted by Gasteiger charge is -2.33. The van der Waals surface area contributed by atoms with Gasteiger partial charge in [0.1, 0.15) is 0 Å². The van der Waals surface area contributed by atoms with Crippen LogP contribution in [0.25, 0.3) is 10.2 Å². The van der Waals surface area contributed by atoms with Gasteiger partial charge in [0.2, 0.25) is 10.0 Å². The first-order chi connectivity index (χ1) is 17.6. The predicted molar refractivity (Wildman–Crippen MR) is 136 cm³/mol. The van der Waals surface area contributed by atoms with Crippen LogP contribution < -0.4 is 4.80 Å². The summed E-state index contributed by atoms with van der Waals surface area (Å²) in [6.45, 7) is 2.74. The van der Waals surface area contributed by atoms with Crippen molar-refractivity contribution in [1.82, 2.24) is 13.8 Å². The van der Waals surface area contributed by atoms with Gasteiger partial charge in [0.15, 0.2) is 4.80 Å². The van der Waals surface area contributed by atoms with E-state index in [1.807, 2.05) is 0 Å². The van der Waals surface area contributed by atoms with Gasteiger partial charge >= 0.3 is 12.1 Å². The number of fused-ring (bicyclic) bond motifs is 1. The summed E-state index contributed by atoms with van der Waals surface area (Å²) >= 11 is 1.25. The number of rotatable bonds is 5. The molecule has 0 spiro atoms. The number of carbonyl (C=O) groups is 3. The number of benzene rings is 2. The predicted octanol–water partition coefficient (Wildman–Crippen LogP) is 2.23. The average molecular weight is 547 g/mol. The van der Waals surface area contributed by atoms with Gasteiger partial charge in [0.25, 0.3) is 5.91 Å². The van der Waals surface area contributed by atoms with Crippen molar-refractivity contribution in [1.29, 1.82) is 0 Å². The van der Waals surface area contributed by atoms with Gasteiger partial charge in [-0.1, -0.05) is 11.3 Å². The van der Waals surface area contributed by atoms with E-state index in [0.29, 0.717) is 10.4 Å². The third-order valence-corrected chi connectivity index (χ3v) is 8.94. The second-order valence-electron chi connectivity index (χ2n) is 8.15. The smallest absolute Gasteiger partial charge is 0.409 e. The summed E-state index contributed by atoms with van der Waals surface area (Å²) in [7, 11) is -0.717. The highest BCUT2D eigenvalue weighted by Crippen LogP contribution is 2.21. The van der Waals surface area contributed by atoms with Gasteiger partial charge in [-0.25, -0.2) is 18.0 Å². The number of ether oxygens (including phenoxy) is 2. The number of aromatic nitrogens is 1. The number of carbonyl (C=O) groups excluding carboxylic acids is 3. The fraction of sp³-hybridized carbons (Fsp3) is 0.333. The first kappa shape index (κ1) is 26.5. The number of esters is 1. The van der Waals surface area contributed by atoms with E-state index in [-0.39, 0.29) is 43.2 Å². The first-order valence-electron chi connectivity index (χ1n) is 11.4. The van der Waals surface area contributed by atoms with Crippen LogP contribution in [0.3, 0.4) is 0 Å². The summed E-state index contributed by atoms with van der Waals surface area (Å²) < 4.78 is 39.6. The zero-order chi connectivity index (χ0) is 26.7. The summed E-state index contributed by atoms with van der Waals surface area (Å²) in [5.74, 6) is -0.981. The van der Waals surface area contributed by atoms with Crippen LogP contribution in [0, 0.1) is 0 Å². The molecular weight excluding hydrogens is 520 g/mol. The monoisotopic (exact) mass is 546 g/mol. The Morgan fingerprint density at radius 1 is 1.00 bits per heavy atom. The molecule has 2 aromatic carbocycles. The van der Waals surface area contributed by atoms with Crippen LogP contribution in [0.5, 0.6) is 0 Å². The van der Waals surface area contributed by atoms with Crippen LogP contribution in [0.2, 0.25) is 0 Å². The summed E-state index contributed by atoms with van der Waals surface area (Å²) in [6, 6.07) is 10.7. The molecule has 37 heavy (non-hydrogen) atoms. The van der Waals surface area contributed by atoms with Gasteiger partial charge in [-0.05, 0) is 49.4 Å². The Hall–Kier alpha value is -3.55. The maximum Gasteiger partial charge on any atom is 0.409 e. The van der Waals surface area contributed by atoms with Crippen LogP contribution in [-0.4, -0.2) is 80.1 Å². The SMILES string of the molecule is CCOC(=O)N1CCN(S(=O)(=O)c2ccc(C(=O)N=c3sc4cc(C(=O)OC)ccc4n3C)cc2)CC1. The molecular formula is C24H26N4O7S2. The second-order valence-corrected chi connectivity index (χ2v) is 11.1. The first-order valence-corrected chi connectivity index (χ1v) is 13.7. The molecule has 1 aliphatic heterocycles. The number of thiazole rings is 1. The molecule has 1 aromatic heterocycles. The zero-order valence-corrected chi connectivity index (χ0v) is 22.2. The summed E-state index contributed by atoms with van der Waals surface area (Å²) in [6.07, 6.45) is -0.456. The van der Waals surface area contributed by atoms with Crippen molar-refractivity contribution >= 4 is 49.5 Å². The Balaban J connectivity index is 1.51. The summed E-state index contributed by atoms with van der Waals surface area (Å²) in [5.41, 5.74) is 1.43. The van der Waals surface area contributed by atoms with Crippen LogP contribution in [0.15, 0.2) is 52.4 Å². The molecule has 0 atom stereocenters. The zero-order valence-electron chi connectivity index (χ0n) is 20.5. The van der Waals surface area contributed by atoms with Gasteiger partial charge in [-0.2, -0.15) is 9.30 Å². The van der Waals surface area contributed by atoms with Gasteiger partial charge in [0.05, 0.1) is 34.4 Å².